The van der Waals surface area contributed by atoms with Crippen LogP contribution in [-0.4, -0.2) is 35.7 Å². The van der Waals surface area contributed by atoms with Crippen molar-refractivity contribution in [3.8, 4) is 0 Å². The SMILES string of the molecule is CN(CC(=O)O)NC(N)=O. The molecule has 0 aliphatic heterocycles. The summed E-state index contributed by atoms with van der Waals surface area (Å²) in [4.78, 5) is 20.0. The Hall–Kier alpha value is -1.30. The van der Waals surface area contributed by atoms with Crippen LogP contribution in [0.4, 0.5) is 4.79 Å². The van der Waals surface area contributed by atoms with E-state index in [-0.39, 0.29) is 6.54 Å². The highest BCUT2D eigenvalue weighted by molar-refractivity contribution is 5.72. The van der Waals surface area contributed by atoms with E-state index >= 15 is 0 Å². The van der Waals surface area contributed by atoms with Crippen LogP contribution in [0.25, 0.3) is 0 Å². The van der Waals surface area contributed by atoms with Crippen molar-refractivity contribution in [3.05, 3.63) is 0 Å². The quantitative estimate of drug-likeness (QED) is 0.427. The number of likely N-dealkylation sites (N-methyl/N-ethyl adjacent to an activating group) is 1. The van der Waals surface area contributed by atoms with Crippen LogP contribution >= 0.6 is 0 Å². The average Bonchev–Trinajstić information content (AvgIpc) is 1.58. The Morgan fingerprint density at radius 3 is 2.50 bits per heavy atom. The van der Waals surface area contributed by atoms with Gasteiger partial charge in [0.15, 0.2) is 0 Å². The Morgan fingerprint density at radius 1 is 1.70 bits per heavy atom. The second kappa shape index (κ2) is 3.67. The van der Waals surface area contributed by atoms with E-state index in [2.05, 4.69) is 11.2 Å². The second-order valence-electron chi connectivity index (χ2n) is 1.73. The monoisotopic (exact) mass is 147 g/mol. The van der Waals surface area contributed by atoms with E-state index in [9.17, 15) is 9.59 Å². The van der Waals surface area contributed by atoms with Gasteiger partial charge in [0.05, 0.1) is 0 Å². The molecule has 0 aliphatic carbocycles. The van der Waals surface area contributed by atoms with Gasteiger partial charge in [0.1, 0.15) is 6.54 Å². The van der Waals surface area contributed by atoms with Crippen molar-refractivity contribution in [3.63, 3.8) is 0 Å². The molecule has 0 heterocycles. The first-order valence-electron chi connectivity index (χ1n) is 2.51. The molecule has 6 heteroatoms. The third kappa shape index (κ3) is 4.85. The first-order valence-corrected chi connectivity index (χ1v) is 2.51. The molecular formula is C4H9N3O3. The number of carboxylic acids is 1. The van der Waals surface area contributed by atoms with Crippen LogP contribution in [-0.2, 0) is 4.79 Å². The third-order valence-corrected chi connectivity index (χ3v) is 0.673. The number of primary amides is 1. The van der Waals surface area contributed by atoms with Crippen molar-refractivity contribution in [1.29, 1.82) is 0 Å². The molecule has 0 saturated carbocycles. The number of hydrogen-bond acceptors (Lipinski definition) is 3. The maximum absolute atomic E-state index is 10.1. The number of amides is 2. The lowest BCUT2D eigenvalue weighted by Crippen LogP contribution is -2.44. The molecule has 0 bridgehead atoms. The third-order valence-electron chi connectivity index (χ3n) is 0.673. The molecule has 0 atom stereocenters. The molecular weight excluding hydrogens is 138 g/mol. The van der Waals surface area contributed by atoms with Gasteiger partial charge in [0.25, 0.3) is 0 Å². The number of aliphatic carboxylic acids is 1. The largest absolute Gasteiger partial charge is 0.480 e. The molecule has 6 nitrogen and oxygen atoms in total. The lowest BCUT2D eigenvalue weighted by molar-refractivity contribution is -0.138. The zero-order valence-electron chi connectivity index (χ0n) is 5.50. The molecule has 0 radical (unpaired) electrons. The summed E-state index contributed by atoms with van der Waals surface area (Å²) in [6.07, 6.45) is 0. The molecule has 0 aromatic rings. The van der Waals surface area contributed by atoms with Crippen molar-refractivity contribution >= 4 is 12.0 Å². The van der Waals surface area contributed by atoms with E-state index in [4.69, 9.17) is 5.11 Å². The Morgan fingerprint density at radius 2 is 2.20 bits per heavy atom. The molecule has 0 aliphatic rings. The summed E-state index contributed by atoms with van der Waals surface area (Å²) in [5.74, 6) is -1.03. The van der Waals surface area contributed by atoms with Crippen molar-refractivity contribution in [2.45, 2.75) is 0 Å². The highest BCUT2D eigenvalue weighted by Gasteiger charge is 2.03. The van der Waals surface area contributed by atoms with E-state index in [0.717, 1.165) is 5.01 Å². The fraction of sp³-hybridized carbons (Fsp3) is 0.500. The first-order chi connectivity index (χ1) is 4.52. The summed E-state index contributed by atoms with van der Waals surface area (Å²) in [6.45, 7) is -0.275. The Balaban J connectivity index is 3.53. The molecule has 0 unspecified atom stereocenters. The summed E-state index contributed by atoms with van der Waals surface area (Å²) in [6, 6.07) is -0.774. The molecule has 10 heavy (non-hydrogen) atoms. The molecule has 0 spiro atoms. The Labute approximate surface area is 57.6 Å². The van der Waals surface area contributed by atoms with Crippen molar-refractivity contribution < 1.29 is 14.7 Å². The van der Waals surface area contributed by atoms with Crippen LogP contribution in [0, 0.1) is 0 Å². The summed E-state index contributed by atoms with van der Waals surface area (Å²) in [7, 11) is 1.40. The average molecular weight is 147 g/mol. The molecule has 4 N–H and O–H groups in total. The van der Waals surface area contributed by atoms with Crippen LogP contribution in [0.15, 0.2) is 0 Å². The van der Waals surface area contributed by atoms with E-state index in [0.29, 0.717) is 0 Å². The molecule has 0 saturated heterocycles. The zero-order valence-corrected chi connectivity index (χ0v) is 5.50. The van der Waals surface area contributed by atoms with Gasteiger partial charge in [0, 0.05) is 7.05 Å². The molecule has 0 aromatic heterocycles. The van der Waals surface area contributed by atoms with Gasteiger partial charge in [-0.3, -0.25) is 10.2 Å². The standard InChI is InChI=1S/C4H9N3O3/c1-7(2-3(8)9)6-4(5)10/h2H2,1H3,(H,8,9)(H3,5,6,10). The highest BCUT2D eigenvalue weighted by atomic mass is 16.4. The smallest absolute Gasteiger partial charge is 0.326 e. The molecule has 0 rings (SSSR count). The number of carboxylic acid groups (broad SMARTS) is 1. The van der Waals surface area contributed by atoms with Crippen LogP contribution in [0.5, 0.6) is 0 Å². The number of hydrazine groups is 1. The lowest BCUT2D eigenvalue weighted by Gasteiger charge is -2.12. The van der Waals surface area contributed by atoms with Gasteiger partial charge in [0.2, 0.25) is 0 Å². The van der Waals surface area contributed by atoms with E-state index in [1.165, 1.54) is 7.05 Å². The summed E-state index contributed by atoms with van der Waals surface area (Å²) in [5.41, 5.74) is 6.75. The number of carbonyl (C=O) groups is 2. The lowest BCUT2D eigenvalue weighted by atomic mass is 10.6. The van der Waals surface area contributed by atoms with Crippen LogP contribution in [0.1, 0.15) is 0 Å². The van der Waals surface area contributed by atoms with Crippen molar-refractivity contribution in [1.82, 2.24) is 10.4 Å². The van der Waals surface area contributed by atoms with Crippen LogP contribution in [0.2, 0.25) is 0 Å². The molecule has 0 aromatic carbocycles. The van der Waals surface area contributed by atoms with E-state index in [1.54, 1.807) is 0 Å². The normalized spacial score (nSPS) is 9.40. The summed E-state index contributed by atoms with van der Waals surface area (Å²) in [5, 5.41) is 9.24. The van der Waals surface area contributed by atoms with Gasteiger partial charge in [-0.1, -0.05) is 0 Å². The summed E-state index contributed by atoms with van der Waals surface area (Å²) < 4.78 is 0. The predicted octanol–water partition coefficient (Wildman–Crippen LogP) is -1.41. The number of hydrogen-bond donors (Lipinski definition) is 3. The topological polar surface area (TPSA) is 95.7 Å². The van der Waals surface area contributed by atoms with Crippen molar-refractivity contribution in [2.75, 3.05) is 13.6 Å². The van der Waals surface area contributed by atoms with Gasteiger partial charge >= 0.3 is 12.0 Å². The number of rotatable bonds is 3. The van der Waals surface area contributed by atoms with Gasteiger partial charge in [-0.05, 0) is 0 Å². The second-order valence-corrected chi connectivity index (χ2v) is 1.73. The molecule has 0 fully saturated rings. The van der Waals surface area contributed by atoms with Gasteiger partial charge in [-0.15, -0.1) is 0 Å². The fourth-order valence-electron chi connectivity index (χ4n) is 0.431. The van der Waals surface area contributed by atoms with Crippen LogP contribution in [0.3, 0.4) is 0 Å². The van der Waals surface area contributed by atoms with Gasteiger partial charge in [-0.25, -0.2) is 9.80 Å². The van der Waals surface area contributed by atoms with Crippen LogP contribution < -0.4 is 11.2 Å². The summed E-state index contributed by atoms with van der Waals surface area (Å²) >= 11 is 0. The minimum atomic E-state index is -1.03. The highest BCUT2D eigenvalue weighted by Crippen LogP contribution is 1.72. The number of nitrogens with two attached hydrogens (primary N) is 1. The Kier molecular flexibility index (Phi) is 3.20. The van der Waals surface area contributed by atoms with Crippen molar-refractivity contribution in [2.24, 2.45) is 5.73 Å². The molecule has 58 valence electrons. The molecule has 2 amide bonds. The zero-order chi connectivity index (χ0) is 8.15. The number of nitrogens with one attached hydrogen (secondary N) is 1. The first kappa shape index (κ1) is 8.70. The van der Waals surface area contributed by atoms with E-state index < -0.39 is 12.0 Å². The predicted molar refractivity (Wildman–Crippen MR) is 33.0 cm³/mol. The van der Waals surface area contributed by atoms with Gasteiger partial charge < -0.3 is 10.8 Å². The van der Waals surface area contributed by atoms with E-state index in [1.807, 2.05) is 0 Å². The number of nitrogens with zero attached hydrogens (tertiary/aromatic N) is 1. The minimum absolute atomic E-state index is 0.275. The maximum Gasteiger partial charge on any atom is 0.326 e. The number of urea groups is 1. The Bertz CT molecular complexity index is 131. The minimum Gasteiger partial charge on any atom is -0.480 e. The fourth-order valence-corrected chi connectivity index (χ4v) is 0.431. The maximum atomic E-state index is 10.1. The van der Waals surface area contributed by atoms with Gasteiger partial charge in [-0.2, -0.15) is 0 Å². The number of carbonyl (C=O) groups excluding carboxylic acids is 1.